The Bertz CT molecular complexity index is 730. The topological polar surface area (TPSA) is 59.5 Å². The molecule has 0 spiro atoms. The lowest BCUT2D eigenvalue weighted by Gasteiger charge is -2.33. The van der Waals surface area contributed by atoms with Gasteiger partial charge in [-0.3, -0.25) is 9.78 Å². The molecule has 24 heavy (non-hydrogen) atoms. The number of aromatic nitrogens is 1. The number of carbonyl (C=O) groups excluding carboxylic acids is 2. The normalized spacial score (nSPS) is 16.1. The van der Waals surface area contributed by atoms with Crippen molar-refractivity contribution in [2.75, 3.05) is 13.7 Å². The van der Waals surface area contributed by atoms with Gasteiger partial charge in [-0.05, 0) is 42.5 Å². The number of carbonyl (C=O) groups is 2. The second-order valence-corrected chi connectivity index (χ2v) is 5.93. The van der Waals surface area contributed by atoms with Crippen LogP contribution in [0.15, 0.2) is 48.8 Å². The average Bonchev–Trinajstić information content (AvgIpc) is 2.65. The lowest BCUT2D eigenvalue weighted by atomic mass is 9.87. The Morgan fingerprint density at radius 3 is 2.88 bits per heavy atom. The number of ether oxygens (including phenoxy) is 1. The van der Waals surface area contributed by atoms with Crippen LogP contribution in [0.4, 0.5) is 0 Å². The fourth-order valence-electron chi connectivity index (χ4n) is 3.10. The van der Waals surface area contributed by atoms with E-state index in [4.69, 9.17) is 4.74 Å². The van der Waals surface area contributed by atoms with Crippen molar-refractivity contribution >= 4 is 11.9 Å². The van der Waals surface area contributed by atoms with E-state index in [-0.39, 0.29) is 18.6 Å². The van der Waals surface area contributed by atoms with Crippen LogP contribution in [0.2, 0.25) is 0 Å². The number of esters is 1. The highest BCUT2D eigenvalue weighted by molar-refractivity contribution is 5.91. The van der Waals surface area contributed by atoms with Crippen molar-refractivity contribution in [2.45, 2.75) is 25.3 Å². The van der Waals surface area contributed by atoms with E-state index in [0.29, 0.717) is 5.56 Å². The van der Waals surface area contributed by atoms with Crippen LogP contribution in [-0.4, -0.2) is 35.4 Å². The maximum Gasteiger partial charge on any atom is 0.340 e. The van der Waals surface area contributed by atoms with Crippen LogP contribution in [0.1, 0.15) is 40.4 Å². The Balaban J connectivity index is 1.63. The molecule has 0 N–H and O–H groups in total. The number of fused-ring (bicyclic) bond motifs is 1. The summed E-state index contributed by atoms with van der Waals surface area (Å²) in [5, 5.41) is 0. The highest BCUT2D eigenvalue weighted by atomic mass is 16.5. The third-order valence-corrected chi connectivity index (χ3v) is 4.42. The predicted molar refractivity (Wildman–Crippen MR) is 89.4 cm³/mol. The van der Waals surface area contributed by atoms with Crippen LogP contribution in [0.3, 0.4) is 0 Å². The Labute approximate surface area is 141 Å². The third-order valence-electron chi connectivity index (χ3n) is 4.42. The zero-order chi connectivity index (χ0) is 16.9. The Morgan fingerprint density at radius 1 is 1.25 bits per heavy atom. The summed E-state index contributed by atoms with van der Waals surface area (Å²) >= 11 is 0. The second kappa shape index (κ2) is 7.25. The highest BCUT2D eigenvalue weighted by Gasteiger charge is 2.27. The molecule has 1 atom stereocenters. The molecule has 0 fully saturated rings. The minimum atomic E-state index is -0.533. The fourth-order valence-corrected chi connectivity index (χ4v) is 3.10. The first-order chi connectivity index (χ1) is 11.7. The van der Waals surface area contributed by atoms with Crippen molar-refractivity contribution in [1.82, 2.24) is 9.88 Å². The molecule has 1 aliphatic rings. The molecule has 0 unspecified atom stereocenters. The molecule has 1 aromatic heterocycles. The van der Waals surface area contributed by atoms with Crippen LogP contribution < -0.4 is 0 Å². The van der Waals surface area contributed by atoms with E-state index >= 15 is 0 Å². The minimum Gasteiger partial charge on any atom is -0.452 e. The summed E-state index contributed by atoms with van der Waals surface area (Å²) in [5.41, 5.74) is 2.83. The van der Waals surface area contributed by atoms with E-state index in [0.717, 1.165) is 19.3 Å². The van der Waals surface area contributed by atoms with Crippen molar-refractivity contribution in [3.05, 3.63) is 65.5 Å². The molecule has 3 rings (SSSR count). The maximum absolute atomic E-state index is 12.4. The number of aryl methyl sites for hydroxylation is 1. The van der Waals surface area contributed by atoms with Gasteiger partial charge in [0.05, 0.1) is 11.6 Å². The maximum atomic E-state index is 12.4. The number of hydrogen-bond donors (Lipinski definition) is 0. The lowest BCUT2D eigenvalue weighted by molar-refractivity contribution is -0.135. The first kappa shape index (κ1) is 16.2. The molecule has 0 aliphatic heterocycles. The molecule has 124 valence electrons. The highest BCUT2D eigenvalue weighted by Crippen LogP contribution is 2.33. The van der Waals surface area contributed by atoms with Gasteiger partial charge in [-0.1, -0.05) is 24.3 Å². The number of nitrogens with zero attached hydrogens (tertiary/aromatic N) is 2. The van der Waals surface area contributed by atoms with Crippen LogP contribution >= 0.6 is 0 Å². The van der Waals surface area contributed by atoms with Gasteiger partial charge in [-0.2, -0.15) is 0 Å². The molecule has 0 bridgehead atoms. The van der Waals surface area contributed by atoms with E-state index in [2.05, 4.69) is 17.1 Å². The van der Waals surface area contributed by atoms with E-state index in [1.807, 2.05) is 12.1 Å². The summed E-state index contributed by atoms with van der Waals surface area (Å²) < 4.78 is 5.12. The van der Waals surface area contributed by atoms with Crippen molar-refractivity contribution in [3.63, 3.8) is 0 Å². The molecule has 1 heterocycles. The van der Waals surface area contributed by atoms with Crippen molar-refractivity contribution < 1.29 is 14.3 Å². The standard InChI is InChI=1S/C19H20N2O3/c1-21(17-10-4-7-14-6-2-3-9-16(14)17)18(22)13-24-19(23)15-8-5-11-20-12-15/h2-3,5-6,8-9,11-12,17H,4,7,10,13H2,1H3/t17-/m0/s1. The van der Waals surface area contributed by atoms with Crippen LogP contribution in [0.5, 0.6) is 0 Å². The zero-order valence-electron chi connectivity index (χ0n) is 13.6. The second-order valence-electron chi connectivity index (χ2n) is 5.93. The molecule has 0 saturated heterocycles. The summed E-state index contributed by atoms with van der Waals surface area (Å²) in [6.45, 7) is -0.261. The number of hydrogen-bond acceptors (Lipinski definition) is 4. The van der Waals surface area contributed by atoms with Gasteiger partial charge in [0.1, 0.15) is 0 Å². The SMILES string of the molecule is CN(C(=O)COC(=O)c1cccnc1)[C@H]1CCCc2ccccc21. The molecule has 0 radical (unpaired) electrons. The minimum absolute atomic E-state index is 0.0412. The lowest BCUT2D eigenvalue weighted by Crippen LogP contribution is -2.36. The van der Waals surface area contributed by atoms with Crippen LogP contribution in [0, 0.1) is 0 Å². The van der Waals surface area contributed by atoms with Gasteiger partial charge < -0.3 is 9.64 Å². The van der Waals surface area contributed by atoms with Crippen molar-refractivity contribution in [2.24, 2.45) is 0 Å². The van der Waals surface area contributed by atoms with Crippen LogP contribution in [0.25, 0.3) is 0 Å². The Kier molecular flexibility index (Phi) is 4.89. The Morgan fingerprint density at radius 2 is 2.08 bits per heavy atom. The summed E-state index contributed by atoms with van der Waals surface area (Å²) in [6.07, 6.45) is 6.03. The summed E-state index contributed by atoms with van der Waals surface area (Å²) in [6, 6.07) is 11.5. The van der Waals surface area contributed by atoms with Gasteiger partial charge >= 0.3 is 5.97 Å². The number of pyridine rings is 1. The van der Waals surface area contributed by atoms with Gasteiger partial charge in [0.2, 0.25) is 0 Å². The van der Waals surface area contributed by atoms with Gasteiger partial charge in [0, 0.05) is 19.4 Å². The molecule has 1 aliphatic carbocycles. The largest absolute Gasteiger partial charge is 0.452 e. The van der Waals surface area contributed by atoms with Gasteiger partial charge in [-0.15, -0.1) is 0 Å². The fraction of sp³-hybridized carbons (Fsp3) is 0.316. The van der Waals surface area contributed by atoms with E-state index < -0.39 is 5.97 Å². The summed E-state index contributed by atoms with van der Waals surface area (Å²) in [7, 11) is 1.77. The molecule has 1 amide bonds. The molecule has 0 saturated carbocycles. The first-order valence-corrected chi connectivity index (χ1v) is 8.07. The van der Waals surface area contributed by atoms with E-state index in [1.54, 1.807) is 30.3 Å². The van der Waals surface area contributed by atoms with Crippen molar-refractivity contribution in [1.29, 1.82) is 0 Å². The quantitative estimate of drug-likeness (QED) is 0.812. The molecule has 2 aromatic rings. The van der Waals surface area contributed by atoms with Crippen molar-refractivity contribution in [3.8, 4) is 0 Å². The molecule has 5 heteroatoms. The van der Waals surface area contributed by atoms with Gasteiger partial charge in [0.15, 0.2) is 6.61 Å². The number of rotatable bonds is 4. The molecular formula is C19H20N2O3. The first-order valence-electron chi connectivity index (χ1n) is 8.07. The third kappa shape index (κ3) is 3.45. The molecule has 5 nitrogen and oxygen atoms in total. The van der Waals surface area contributed by atoms with Gasteiger partial charge in [-0.25, -0.2) is 4.79 Å². The van der Waals surface area contributed by atoms with Gasteiger partial charge in [0.25, 0.3) is 5.91 Å². The average molecular weight is 324 g/mol. The summed E-state index contributed by atoms with van der Waals surface area (Å²) in [5.74, 6) is -0.733. The zero-order valence-corrected chi connectivity index (χ0v) is 13.6. The van der Waals surface area contributed by atoms with E-state index in [9.17, 15) is 9.59 Å². The number of likely N-dealkylation sites (N-methyl/N-ethyl adjacent to an activating group) is 1. The van der Waals surface area contributed by atoms with E-state index in [1.165, 1.54) is 17.3 Å². The van der Waals surface area contributed by atoms with Crippen LogP contribution in [-0.2, 0) is 16.0 Å². The Hall–Kier alpha value is -2.69. The number of benzene rings is 1. The smallest absolute Gasteiger partial charge is 0.340 e. The predicted octanol–water partition coefficient (Wildman–Crippen LogP) is 2.77. The molecular weight excluding hydrogens is 304 g/mol. The number of amides is 1. The monoisotopic (exact) mass is 324 g/mol. The summed E-state index contributed by atoms with van der Waals surface area (Å²) in [4.78, 5) is 29.9. The molecule has 1 aromatic carbocycles.